The van der Waals surface area contributed by atoms with Gasteiger partial charge in [0.1, 0.15) is 5.75 Å². The normalized spacial score (nSPS) is 28.4. The van der Waals surface area contributed by atoms with Crippen molar-refractivity contribution in [1.82, 2.24) is 0 Å². The van der Waals surface area contributed by atoms with E-state index in [0.717, 1.165) is 37.4 Å². The fraction of sp³-hybridized carbons (Fsp3) is 0.533. The van der Waals surface area contributed by atoms with E-state index in [0.29, 0.717) is 12.1 Å². The van der Waals surface area contributed by atoms with Crippen molar-refractivity contribution < 1.29 is 9.47 Å². The average molecular weight is 275 g/mol. The Bertz CT molecular complexity index is 524. The van der Waals surface area contributed by atoms with Gasteiger partial charge in [-0.15, -0.1) is 0 Å². The van der Waals surface area contributed by atoms with E-state index >= 15 is 0 Å². The molecule has 1 aliphatic heterocycles. The number of benzene rings is 1. The molecule has 5 heteroatoms. The number of methoxy groups -OCH3 is 1. The predicted molar refractivity (Wildman–Crippen MR) is 79.3 cm³/mol. The van der Waals surface area contributed by atoms with Crippen molar-refractivity contribution in [2.75, 3.05) is 25.2 Å². The molecule has 0 amide bonds. The topological polar surface area (TPSA) is 60.1 Å². The minimum Gasteiger partial charge on any atom is -0.495 e. The maximum Gasteiger partial charge on any atom is 0.196 e. The number of nitrogens with zero attached hydrogens (tertiary/aromatic N) is 2. The van der Waals surface area contributed by atoms with Crippen LogP contribution in [0.4, 0.5) is 5.69 Å². The minimum absolute atomic E-state index is 0.0292. The van der Waals surface area contributed by atoms with Crippen LogP contribution in [0.25, 0.3) is 0 Å². The average Bonchev–Trinajstić information content (AvgIpc) is 2.76. The molecule has 2 N–H and O–H groups in total. The van der Waals surface area contributed by atoms with Gasteiger partial charge in [0.05, 0.1) is 31.0 Å². The quantitative estimate of drug-likeness (QED) is 0.909. The standard InChI is InChI=1S/C15H21N3O2/c1-3-20-11-8-15(9-11)10-17-14(16)18(15)12-6-4-5-7-13(12)19-2/h4-7,11H,3,8-10H2,1-2H3,(H2,16,17). The molecule has 0 radical (unpaired) electrons. The van der Waals surface area contributed by atoms with Gasteiger partial charge in [0.15, 0.2) is 5.96 Å². The number of hydrogen-bond acceptors (Lipinski definition) is 5. The number of anilines is 1. The van der Waals surface area contributed by atoms with Crippen LogP contribution in [0.3, 0.4) is 0 Å². The number of ether oxygens (including phenoxy) is 2. The zero-order valence-electron chi connectivity index (χ0n) is 12.0. The fourth-order valence-corrected chi connectivity index (χ4v) is 3.26. The lowest BCUT2D eigenvalue weighted by molar-refractivity contribution is -0.0307. The Morgan fingerprint density at radius 1 is 1.40 bits per heavy atom. The van der Waals surface area contributed by atoms with Crippen molar-refractivity contribution in [2.45, 2.75) is 31.4 Å². The summed E-state index contributed by atoms with van der Waals surface area (Å²) in [5.74, 6) is 1.40. The van der Waals surface area contributed by atoms with E-state index in [1.165, 1.54) is 0 Å². The molecule has 1 aliphatic carbocycles. The highest BCUT2D eigenvalue weighted by atomic mass is 16.5. The second kappa shape index (κ2) is 4.98. The highest BCUT2D eigenvalue weighted by Crippen LogP contribution is 2.46. The third-order valence-electron chi connectivity index (χ3n) is 4.18. The third kappa shape index (κ3) is 1.93. The SMILES string of the molecule is CCOC1CC2(CN=C(N)N2c2ccccc2OC)C1. The third-order valence-corrected chi connectivity index (χ3v) is 4.18. The van der Waals surface area contributed by atoms with Crippen molar-refractivity contribution in [3.63, 3.8) is 0 Å². The van der Waals surface area contributed by atoms with Gasteiger partial charge < -0.3 is 20.1 Å². The zero-order valence-corrected chi connectivity index (χ0v) is 12.0. The summed E-state index contributed by atoms with van der Waals surface area (Å²) in [7, 11) is 1.68. The summed E-state index contributed by atoms with van der Waals surface area (Å²) in [6, 6.07) is 7.94. The van der Waals surface area contributed by atoms with E-state index in [1.54, 1.807) is 7.11 Å². The van der Waals surface area contributed by atoms with Crippen LogP contribution in [0.2, 0.25) is 0 Å². The van der Waals surface area contributed by atoms with E-state index < -0.39 is 0 Å². The Hall–Kier alpha value is -1.75. The molecular formula is C15H21N3O2. The van der Waals surface area contributed by atoms with E-state index in [2.05, 4.69) is 9.89 Å². The molecule has 0 unspecified atom stereocenters. The Labute approximate surface area is 119 Å². The van der Waals surface area contributed by atoms with Crippen LogP contribution in [0.1, 0.15) is 19.8 Å². The first-order chi connectivity index (χ1) is 9.70. The number of guanidine groups is 1. The molecule has 1 aromatic rings. The second-order valence-corrected chi connectivity index (χ2v) is 5.39. The maximum atomic E-state index is 6.12. The number of rotatable bonds is 4. The number of para-hydroxylation sites is 2. The van der Waals surface area contributed by atoms with Crippen LogP contribution < -0.4 is 15.4 Å². The molecule has 2 aliphatic rings. The molecule has 0 aromatic heterocycles. The Balaban J connectivity index is 1.88. The van der Waals surface area contributed by atoms with Gasteiger partial charge in [-0.05, 0) is 31.9 Å². The number of nitrogens with two attached hydrogens (primary N) is 1. The molecule has 1 fully saturated rings. The summed E-state index contributed by atoms with van der Waals surface area (Å²) in [6.45, 7) is 3.52. The van der Waals surface area contributed by atoms with Gasteiger partial charge in [-0.1, -0.05) is 12.1 Å². The zero-order chi connectivity index (χ0) is 14.2. The van der Waals surface area contributed by atoms with Crippen molar-refractivity contribution in [2.24, 2.45) is 10.7 Å². The van der Waals surface area contributed by atoms with Gasteiger partial charge in [-0.25, -0.2) is 0 Å². The highest BCUT2D eigenvalue weighted by Gasteiger charge is 2.53. The molecular weight excluding hydrogens is 254 g/mol. The molecule has 20 heavy (non-hydrogen) atoms. The first-order valence-corrected chi connectivity index (χ1v) is 7.05. The van der Waals surface area contributed by atoms with Crippen molar-refractivity contribution in [3.8, 4) is 5.75 Å². The Morgan fingerprint density at radius 3 is 2.85 bits per heavy atom. The maximum absolute atomic E-state index is 6.12. The van der Waals surface area contributed by atoms with Gasteiger partial charge >= 0.3 is 0 Å². The largest absolute Gasteiger partial charge is 0.495 e. The van der Waals surface area contributed by atoms with Crippen LogP contribution in [-0.2, 0) is 4.74 Å². The number of aliphatic imine (C=N–C) groups is 1. The van der Waals surface area contributed by atoms with Gasteiger partial charge in [0.25, 0.3) is 0 Å². The minimum atomic E-state index is -0.0292. The van der Waals surface area contributed by atoms with E-state index in [1.807, 2.05) is 31.2 Å². The molecule has 0 saturated heterocycles. The van der Waals surface area contributed by atoms with Crippen molar-refractivity contribution in [3.05, 3.63) is 24.3 Å². The van der Waals surface area contributed by atoms with Crippen molar-refractivity contribution in [1.29, 1.82) is 0 Å². The van der Waals surface area contributed by atoms with Gasteiger partial charge in [-0.3, -0.25) is 4.99 Å². The Kier molecular flexibility index (Phi) is 3.30. The van der Waals surface area contributed by atoms with Gasteiger partial charge in [0, 0.05) is 6.61 Å². The molecule has 0 bridgehead atoms. The van der Waals surface area contributed by atoms with Crippen LogP contribution in [0.5, 0.6) is 5.75 Å². The van der Waals surface area contributed by atoms with E-state index in [4.69, 9.17) is 15.2 Å². The summed E-state index contributed by atoms with van der Waals surface area (Å²) in [4.78, 5) is 6.57. The van der Waals surface area contributed by atoms with Crippen molar-refractivity contribution >= 4 is 11.6 Å². The molecule has 5 nitrogen and oxygen atoms in total. The smallest absolute Gasteiger partial charge is 0.196 e. The summed E-state index contributed by atoms with van der Waals surface area (Å²) in [5.41, 5.74) is 7.08. The molecule has 1 spiro atoms. The second-order valence-electron chi connectivity index (χ2n) is 5.39. The first-order valence-electron chi connectivity index (χ1n) is 7.05. The molecule has 0 atom stereocenters. The summed E-state index contributed by atoms with van der Waals surface area (Å²) in [6.07, 6.45) is 2.24. The van der Waals surface area contributed by atoms with E-state index in [-0.39, 0.29) is 5.54 Å². The van der Waals surface area contributed by atoms with E-state index in [9.17, 15) is 0 Å². The monoisotopic (exact) mass is 275 g/mol. The van der Waals surface area contributed by atoms with Gasteiger partial charge in [0.2, 0.25) is 0 Å². The van der Waals surface area contributed by atoms with Gasteiger partial charge in [-0.2, -0.15) is 0 Å². The highest BCUT2D eigenvalue weighted by molar-refractivity contribution is 5.99. The lowest BCUT2D eigenvalue weighted by atomic mass is 9.73. The lowest BCUT2D eigenvalue weighted by Gasteiger charge is -2.50. The molecule has 3 rings (SSSR count). The van der Waals surface area contributed by atoms with Crippen LogP contribution in [-0.4, -0.2) is 37.9 Å². The fourth-order valence-electron chi connectivity index (χ4n) is 3.26. The van der Waals surface area contributed by atoms with Crippen LogP contribution >= 0.6 is 0 Å². The Morgan fingerprint density at radius 2 is 2.15 bits per heavy atom. The summed E-state index contributed by atoms with van der Waals surface area (Å²) in [5, 5.41) is 0. The predicted octanol–water partition coefficient (Wildman–Crippen LogP) is 1.77. The molecule has 108 valence electrons. The summed E-state index contributed by atoms with van der Waals surface area (Å²) >= 11 is 0. The number of hydrogen-bond donors (Lipinski definition) is 1. The molecule has 1 heterocycles. The summed E-state index contributed by atoms with van der Waals surface area (Å²) < 4.78 is 11.1. The van der Waals surface area contributed by atoms with Crippen LogP contribution in [0.15, 0.2) is 29.3 Å². The first kappa shape index (κ1) is 13.2. The van der Waals surface area contributed by atoms with Crippen LogP contribution in [0, 0.1) is 0 Å². The molecule has 1 aromatic carbocycles. The molecule has 1 saturated carbocycles. The lowest BCUT2D eigenvalue weighted by Crippen LogP contribution is -2.62.